The van der Waals surface area contributed by atoms with Crippen LogP contribution in [0.5, 0.6) is 0 Å². The number of hydrogen-bond donors (Lipinski definition) is 0. The van der Waals surface area contributed by atoms with Crippen molar-refractivity contribution in [2.45, 2.75) is 91.5 Å². The van der Waals surface area contributed by atoms with Gasteiger partial charge in [-0.25, -0.2) is 0 Å². The van der Waals surface area contributed by atoms with E-state index in [0.717, 1.165) is 11.8 Å². The molecule has 0 amide bonds. The van der Waals surface area contributed by atoms with E-state index in [2.05, 4.69) is 41.5 Å². The van der Waals surface area contributed by atoms with Crippen LogP contribution in [-0.2, 0) is 0 Å². The van der Waals surface area contributed by atoms with Crippen molar-refractivity contribution in [1.29, 1.82) is 0 Å². The van der Waals surface area contributed by atoms with E-state index in [1.54, 1.807) is 0 Å². The zero-order chi connectivity index (χ0) is 11.7. The van der Waals surface area contributed by atoms with Crippen LogP contribution < -0.4 is 0 Å². The molecule has 0 fully saturated rings. The van der Waals surface area contributed by atoms with E-state index >= 15 is 0 Å². The van der Waals surface area contributed by atoms with Crippen molar-refractivity contribution in [3.05, 3.63) is 0 Å². The van der Waals surface area contributed by atoms with E-state index in [-0.39, 0.29) is 22.3 Å². The molecule has 0 aliphatic carbocycles. The fourth-order valence-corrected chi connectivity index (χ4v) is 0.667. The predicted molar refractivity (Wildman–Crippen MR) is 86.3 cm³/mol. The van der Waals surface area contributed by atoms with Gasteiger partial charge in [0.05, 0.1) is 0 Å². The summed E-state index contributed by atoms with van der Waals surface area (Å²) in [7, 11) is 0. The number of rotatable bonds is 2. The number of hydrogen-bond acceptors (Lipinski definition) is 0. The quantitative estimate of drug-likeness (QED) is 0.472. The molecule has 0 bridgehead atoms. The van der Waals surface area contributed by atoms with Crippen molar-refractivity contribution >= 4 is 0 Å². The second-order valence-corrected chi connectivity index (χ2v) is 4.13. The van der Waals surface area contributed by atoms with Crippen LogP contribution in [0.2, 0.25) is 0 Å². The second-order valence-electron chi connectivity index (χ2n) is 4.13. The van der Waals surface area contributed by atoms with Crippen molar-refractivity contribution in [1.82, 2.24) is 0 Å². The Labute approximate surface area is 109 Å². The highest BCUT2D eigenvalue weighted by Gasteiger charge is 2.25. The summed E-state index contributed by atoms with van der Waals surface area (Å²) in [6.45, 7) is 21.8. The Hall–Kier alpha value is 0. The van der Waals surface area contributed by atoms with E-state index in [0.29, 0.717) is 5.41 Å². The Morgan fingerprint density at radius 2 is 0.688 bits per heavy atom. The molecule has 0 heterocycles. The molecule has 108 valence electrons. The summed E-state index contributed by atoms with van der Waals surface area (Å²) in [5.41, 5.74) is 0.500. The van der Waals surface area contributed by atoms with Gasteiger partial charge in [-0.3, -0.25) is 0 Å². The third kappa shape index (κ3) is 16.4. The lowest BCUT2D eigenvalue weighted by molar-refractivity contribution is 0.165. The summed E-state index contributed by atoms with van der Waals surface area (Å²) in [4.78, 5) is 0. The molecule has 0 atom stereocenters. The van der Waals surface area contributed by atoms with Crippen LogP contribution >= 0.6 is 0 Å². The summed E-state index contributed by atoms with van der Waals surface area (Å²) in [6.07, 6.45) is 0. The third-order valence-corrected chi connectivity index (χ3v) is 2.98. The minimum atomic E-state index is 0. The molecule has 0 aromatic rings. The largest absolute Gasteiger partial charge is 0.0776 e. The first kappa shape index (κ1) is 36.0. The summed E-state index contributed by atoms with van der Waals surface area (Å²) in [5.74, 6) is 1.58. The minimum absolute atomic E-state index is 0. The third-order valence-electron chi connectivity index (χ3n) is 2.98. The Kier molecular flexibility index (Phi) is 45.9. The van der Waals surface area contributed by atoms with Gasteiger partial charge >= 0.3 is 0 Å². The van der Waals surface area contributed by atoms with Gasteiger partial charge in [0, 0.05) is 0 Å². The normalized spacial score (nSPS) is 8.25. The molecule has 0 aliphatic rings. The Bertz CT molecular complexity index is 68.0. The van der Waals surface area contributed by atoms with Crippen molar-refractivity contribution in [2.75, 3.05) is 0 Å². The molecule has 0 aliphatic heterocycles. The highest BCUT2D eigenvalue weighted by Crippen LogP contribution is 2.33. The van der Waals surface area contributed by atoms with Crippen molar-refractivity contribution < 1.29 is 0 Å². The highest BCUT2D eigenvalue weighted by molar-refractivity contribution is 4.75. The first-order valence-electron chi connectivity index (χ1n) is 5.89. The molecule has 0 aromatic heterocycles. The van der Waals surface area contributed by atoms with Gasteiger partial charge in [0.25, 0.3) is 0 Å². The van der Waals surface area contributed by atoms with Gasteiger partial charge in [-0.05, 0) is 17.3 Å². The predicted octanol–water partition coefficient (Wildman–Crippen LogP) is 7.29. The lowest BCUT2D eigenvalue weighted by Crippen LogP contribution is -2.25. The van der Waals surface area contributed by atoms with Gasteiger partial charge in [-0.15, -0.1) is 0 Å². The molecule has 0 aromatic carbocycles. The first-order valence-corrected chi connectivity index (χ1v) is 5.89. The van der Waals surface area contributed by atoms with Crippen LogP contribution in [0.15, 0.2) is 0 Å². The van der Waals surface area contributed by atoms with Crippen molar-refractivity contribution in [3.63, 3.8) is 0 Å². The average molecular weight is 237 g/mol. The summed E-state index contributed by atoms with van der Waals surface area (Å²) >= 11 is 0. The smallest absolute Gasteiger partial charge is 0.0308 e. The molecule has 0 nitrogen and oxygen atoms in total. The summed E-state index contributed by atoms with van der Waals surface area (Å²) in [6, 6.07) is 0. The minimum Gasteiger partial charge on any atom is -0.0776 e. The fraction of sp³-hybridized carbons (Fsp3) is 1.00. The van der Waals surface area contributed by atoms with E-state index in [9.17, 15) is 0 Å². The zero-order valence-corrected chi connectivity index (χ0v) is 11.7. The maximum Gasteiger partial charge on any atom is -0.0308 e. The molecule has 0 radical (unpaired) electrons. The summed E-state index contributed by atoms with van der Waals surface area (Å²) < 4.78 is 0. The van der Waals surface area contributed by atoms with E-state index in [1.165, 1.54) is 0 Å². The van der Waals surface area contributed by atoms with Crippen molar-refractivity contribution in [2.24, 2.45) is 17.3 Å². The lowest BCUT2D eigenvalue weighted by Gasteiger charge is -2.33. The van der Waals surface area contributed by atoms with Crippen LogP contribution in [0, 0.1) is 17.3 Å². The zero-order valence-electron chi connectivity index (χ0n) is 11.7. The van der Waals surface area contributed by atoms with Crippen LogP contribution in [0.4, 0.5) is 0 Å². The van der Waals surface area contributed by atoms with E-state index in [4.69, 9.17) is 0 Å². The molecule has 0 spiro atoms. The van der Waals surface area contributed by atoms with E-state index in [1.807, 2.05) is 27.7 Å². The second kappa shape index (κ2) is 20.4. The van der Waals surface area contributed by atoms with E-state index < -0.39 is 0 Å². The molecular formula is C16H44. The van der Waals surface area contributed by atoms with Crippen LogP contribution in [0.25, 0.3) is 0 Å². The van der Waals surface area contributed by atoms with Crippen LogP contribution in [0.1, 0.15) is 91.5 Å². The van der Waals surface area contributed by atoms with Gasteiger partial charge < -0.3 is 0 Å². The molecule has 0 rings (SSSR count). The lowest BCUT2D eigenvalue weighted by atomic mass is 9.72. The first-order chi connectivity index (χ1) is 5.89. The van der Waals surface area contributed by atoms with Gasteiger partial charge in [-0.1, -0.05) is 91.5 Å². The summed E-state index contributed by atoms with van der Waals surface area (Å²) in [5, 5.41) is 0. The molecular weight excluding hydrogens is 192 g/mol. The Morgan fingerprint density at radius 1 is 0.562 bits per heavy atom. The SMILES string of the molecule is C.C.C.CC.CC.CC(C)C(C)(C)C(C)C. The molecule has 0 saturated carbocycles. The standard InChI is InChI=1S/C9H20.2C2H6.3CH4/c1-7(2)9(5,6)8(3)4;2*1-2;;;/h7-8H,1-6H3;2*1-2H3;3*1H4. The molecule has 16 heavy (non-hydrogen) atoms. The molecule has 0 heteroatoms. The van der Waals surface area contributed by atoms with Crippen LogP contribution in [-0.4, -0.2) is 0 Å². The topological polar surface area (TPSA) is 0 Å². The Balaban J connectivity index is -0.0000000321. The highest BCUT2D eigenvalue weighted by atomic mass is 14.3. The molecule has 0 N–H and O–H groups in total. The molecule has 0 saturated heterocycles. The van der Waals surface area contributed by atoms with Gasteiger partial charge in [0.1, 0.15) is 0 Å². The fourth-order valence-electron chi connectivity index (χ4n) is 0.667. The molecule has 0 unspecified atom stereocenters. The van der Waals surface area contributed by atoms with Gasteiger partial charge in [0.15, 0.2) is 0 Å². The maximum absolute atomic E-state index is 2.34. The van der Waals surface area contributed by atoms with Gasteiger partial charge in [-0.2, -0.15) is 0 Å². The average Bonchev–Trinajstić information content (AvgIpc) is 2.11. The monoisotopic (exact) mass is 236 g/mol. The Morgan fingerprint density at radius 3 is 0.688 bits per heavy atom. The maximum atomic E-state index is 2.34. The van der Waals surface area contributed by atoms with Crippen molar-refractivity contribution in [3.8, 4) is 0 Å². The van der Waals surface area contributed by atoms with Crippen LogP contribution in [0.3, 0.4) is 0 Å². The van der Waals surface area contributed by atoms with Gasteiger partial charge in [0.2, 0.25) is 0 Å².